The largest absolute Gasteiger partial charge is 0.453 e. The van der Waals surface area contributed by atoms with Crippen LogP contribution in [0, 0.1) is 0 Å². The van der Waals surface area contributed by atoms with Gasteiger partial charge in [0.25, 0.3) is 0 Å². The van der Waals surface area contributed by atoms with E-state index in [0.717, 1.165) is 0 Å². The fourth-order valence-corrected chi connectivity index (χ4v) is 2.09. The third-order valence-corrected chi connectivity index (χ3v) is 3.02. The van der Waals surface area contributed by atoms with Crippen LogP contribution in [0.25, 0.3) is 0 Å². The molecule has 16 heavy (non-hydrogen) atoms. The molecular weight excluding hydrogens is 278 g/mol. The SMILES string of the molecule is NCC(O)c1cc(Br)c(C=O)c2c1OCO2. The number of aliphatic hydroxyl groups is 1. The molecule has 0 bridgehead atoms. The average Bonchev–Trinajstić information content (AvgIpc) is 2.75. The number of ether oxygens (including phenoxy) is 2. The molecule has 1 heterocycles. The van der Waals surface area contributed by atoms with Crippen molar-refractivity contribution in [2.24, 2.45) is 5.73 Å². The Balaban J connectivity index is 2.61. The van der Waals surface area contributed by atoms with Gasteiger partial charge < -0.3 is 20.3 Å². The zero-order valence-corrected chi connectivity index (χ0v) is 9.86. The van der Waals surface area contributed by atoms with E-state index >= 15 is 0 Å². The van der Waals surface area contributed by atoms with Crippen LogP contribution in [-0.4, -0.2) is 24.7 Å². The van der Waals surface area contributed by atoms with Crippen molar-refractivity contribution >= 4 is 22.2 Å². The van der Waals surface area contributed by atoms with Gasteiger partial charge in [0.05, 0.1) is 11.7 Å². The standard InChI is InChI=1S/C10H10BrNO4/c11-7-1-5(8(14)2-12)9-10(6(7)3-13)16-4-15-9/h1,3,8,14H,2,4,12H2. The van der Waals surface area contributed by atoms with Crippen molar-refractivity contribution in [2.45, 2.75) is 6.10 Å². The number of fused-ring (bicyclic) bond motifs is 1. The number of hydrogen-bond donors (Lipinski definition) is 2. The number of aldehydes is 1. The molecule has 86 valence electrons. The summed E-state index contributed by atoms with van der Waals surface area (Å²) in [6.07, 6.45) is -0.164. The Morgan fingerprint density at radius 2 is 2.25 bits per heavy atom. The number of nitrogens with two attached hydrogens (primary N) is 1. The van der Waals surface area contributed by atoms with Crippen molar-refractivity contribution < 1.29 is 19.4 Å². The Bertz CT molecular complexity index is 435. The molecule has 0 amide bonds. The van der Waals surface area contributed by atoms with Crippen molar-refractivity contribution in [2.75, 3.05) is 13.3 Å². The molecule has 1 aromatic carbocycles. The summed E-state index contributed by atoms with van der Waals surface area (Å²) >= 11 is 3.24. The highest BCUT2D eigenvalue weighted by molar-refractivity contribution is 9.10. The quantitative estimate of drug-likeness (QED) is 0.810. The lowest BCUT2D eigenvalue weighted by atomic mass is 10.0. The first-order valence-corrected chi connectivity index (χ1v) is 5.43. The number of hydrogen-bond acceptors (Lipinski definition) is 5. The predicted molar refractivity (Wildman–Crippen MR) is 59.7 cm³/mol. The van der Waals surface area contributed by atoms with Crippen LogP contribution < -0.4 is 15.2 Å². The maximum absolute atomic E-state index is 10.9. The third-order valence-electron chi connectivity index (χ3n) is 2.36. The highest BCUT2D eigenvalue weighted by Crippen LogP contribution is 2.43. The molecule has 0 saturated carbocycles. The minimum atomic E-state index is -0.840. The van der Waals surface area contributed by atoms with Gasteiger partial charge in [0.2, 0.25) is 6.79 Å². The van der Waals surface area contributed by atoms with E-state index in [9.17, 15) is 9.90 Å². The lowest BCUT2D eigenvalue weighted by molar-refractivity contribution is 0.111. The van der Waals surface area contributed by atoms with Crippen LogP contribution in [-0.2, 0) is 0 Å². The van der Waals surface area contributed by atoms with E-state index in [2.05, 4.69) is 15.9 Å². The van der Waals surface area contributed by atoms with E-state index in [1.165, 1.54) is 0 Å². The first-order valence-electron chi connectivity index (χ1n) is 4.64. The molecule has 0 radical (unpaired) electrons. The summed E-state index contributed by atoms with van der Waals surface area (Å²) < 4.78 is 11.0. The number of carbonyl (C=O) groups excluding carboxylic acids is 1. The number of halogens is 1. The lowest BCUT2D eigenvalue weighted by Crippen LogP contribution is -2.12. The third kappa shape index (κ3) is 1.68. The molecule has 1 aliphatic rings. The summed E-state index contributed by atoms with van der Waals surface area (Å²) in [4.78, 5) is 10.9. The second-order valence-electron chi connectivity index (χ2n) is 3.30. The van der Waals surface area contributed by atoms with Gasteiger partial charge in [0.1, 0.15) is 0 Å². The van der Waals surface area contributed by atoms with E-state index < -0.39 is 6.10 Å². The smallest absolute Gasteiger partial charge is 0.231 e. The summed E-state index contributed by atoms with van der Waals surface area (Å²) in [6.45, 7) is 0.111. The fraction of sp³-hybridized carbons (Fsp3) is 0.300. The van der Waals surface area contributed by atoms with Crippen molar-refractivity contribution in [1.29, 1.82) is 0 Å². The summed E-state index contributed by atoms with van der Waals surface area (Å²) in [5, 5.41) is 9.71. The van der Waals surface area contributed by atoms with Crippen LogP contribution in [0.2, 0.25) is 0 Å². The Kier molecular flexibility index (Phi) is 3.13. The lowest BCUT2D eigenvalue weighted by Gasteiger charge is -2.13. The summed E-state index contributed by atoms with van der Waals surface area (Å²) in [6, 6.07) is 1.62. The van der Waals surface area contributed by atoms with Crippen molar-refractivity contribution in [1.82, 2.24) is 0 Å². The first-order chi connectivity index (χ1) is 7.69. The molecule has 0 spiro atoms. The maximum atomic E-state index is 10.9. The van der Waals surface area contributed by atoms with E-state index in [1.54, 1.807) is 6.07 Å². The normalized spacial score (nSPS) is 14.9. The maximum Gasteiger partial charge on any atom is 0.231 e. The van der Waals surface area contributed by atoms with Crippen LogP contribution in [0.4, 0.5) is 0 Å². The number of rotatable bonds is 3. The van der Waals surface area contributed by atoms with E-state index in [-0.39, 0.29) is 13.3 Å². The zero-order chi connectivity index (χ0) is 11.7. The predicted octanol–water partition coefficient (Wildman–Crippen LogP) is 0.982. The van der Waals surface area contributed by atoms with E-state index in [0.29, 0.717) is 33.4 Å². The molecule has 0 saturated heterocycles. The molecule has 1 aromatic rings. The van der Waals surface area contributed by atoms with Crippen LogP contribution in [0.5, 0.6) is 11.5 Å². The molecule has 0 aliphatic carbocycles. The van der Waals surface area contributed by atoms with Gasteiger partial charge in [-0.1, -0.05) is 0 Å². The Morgan fingerprint density at radius 1 is 1.56 bits per heavy atom. The first kappa shape index (κ1) is 11.4. The average molecular weight is 288 g/mol. The van der Waals surface area contributed by atoms with Crippen LogP contribution in [0.1, 0.15) is 22.0 Å². The van der Waals surface area contributed by atoms with Crippen molar-refractivity contribution in [3.8, 4) is 11.5 Å². The Labute approximate surface area is 100 Å². The topological polar surface area (TPSA) is 81.8 Å². The van der Waals surface area contributed by atoms with Gasteiger partial charge in [-0.3, -0.25) is 4.79 Å². The Hall–Kier alpha value is -1.11. The van der Waals surface area contributed by atoms with Gasteiger partial charge in [-0.25, -0.2) is 0 Å². The van der Waals surface area contributed by atoms with Gasteiger partial charge in [-0.2, -0.15) is 0 Å². The molecular formula is C10H10BrNO4. The fourth-order valence-electron chi connectivity index (χ4n) is 1.57. The molecule has 6 heteroatoms. The van der Waals surface area contributed by atoms with Gasteiger partial charge in [0.15, 0.2) is 17.8 Å². The minimum absolute atomic E-state index is 0.0386. The van der Waals surface area contributed by atoms with Crippen LogP contribution in [0.15, 0.2) is 10.5 Å². The van der Waals surface area contributed by atoms with Gasteiger partial charge in [0, 0.05) is 16.6 Å². The number of benzene rings is 1. The summed E-state index contributed by atoms with van der Waals surface area (Å²) in [7, 11) is 0. The van der Waals surface area contributed by atoms with Gasteiger partial charge in [-0.05, 0) is 22.0 Å². The Morgan fingerprint density at radius 3 is 2.88 bits per heavy atom. The summed E-state index contributed by atoms with van der Waals surface area (Å²) in [5.74, 6) is 0.745. The molecule has 5 nitrogen and oxygen atoms in total. The second kappa shape index (κ2) is 4.40. The van der Waals surface area contributed by atoms with Crippen LogP contribution >= 0.6 is 15.9 Å². The highest BCUT2D eigenvalue weighted by Gasteiger charge is 2.26. The molecule has 1 atom stereocenters. The molecule has 1 unspecified atom stereocenters. The molecule has 2 rings (SSSR count). The van der Waals surface area contributed by atoms with Crippen molar-refractivity contribution in [3.05, 3.63) is 21.7 Å². The molecule has 3 N–H and O–H groups in total. The molecule has 0 fully saturated rings. The van der Waals surface area contributed by atoms with E-state index in [4.69, 9.17) is 15.2 Å². The minimum Gasteiger partial charge on any atom is -0.453 e. The second-order valence-corrected chi connectivity index (χ2v) is 4.15. The van der Waals surface area contributed by atoms with Crippen molar-refractivity contribution in [3.63, 3.8) is 0 Å². The summed E-state index contributed by atoms with van der Waals surface area (Å²) in [5.41, 5.74) is 6.28. The molecule has 1 aliphatic heterocycles. The number of aliphatic hydroxyl groups excluding tert-OH is 1. The van der Waals surface area contributed by atoms with Gasteiger partial charge in [-0.15, -0.1) is 0 Å². The molecule has 0 aromatic heterocycles. The van der Waals surface area contributed by atoms with E-state index in [1.807, 2.05) is 0 Å². The number of carbonyl (C=O) groups is 1. The van der Waals surface area contributed by atoms with Crippen LogP contribution in [0.3, 0.4) is 0 Å². The highest BCUT2D eigenvalue weighted by atomic mass is 79.9. The zero-order valence-electron chi connectivity index (χ0n) is 8.27. The monoisotopic (exact) mass is 287 g/mol. The van der Waals surface area contributed by atoms with Gasteiger partial charge >= 0.3 is 0 Å².